The number of phenols is 1. The number of methoxy groups -OCH3 is 1. The minimum Gasteiger partial charge on any atom is -0.504 e. The smallest absolute Gasteiger partial charge is 0.269 e. The number of ether oxygens (including phenoxy) is 1. The summed E-state index contributed by atoms with van der Waals surface area (Å²) in [5, 5.41) is 21.1. The summed E-state index contributed by atoms with van der Waals surface area (Å²) in [7, 11) is 1.44. The van der Waals surface area contributed by atoms with Crippen molar-refractivity contribution in [3.8, 4) is 11.5 Å². The van der Waals surface area contributed by atoms with Crippen LogP contribution in [0.5, 0.6) is 11.5 Å². The highest BCUT2D eigenvalue weighted by atomic mass is 16.6. The zero-order chi connectivity index (χ0) is 29.9. The number of hydrogen-bond donors (Lipinski definition) is 1. The molecular weight excluding hydrogens is 540 g/mol. The molecule has 4 aliphatic rings. The van der Waals surface area contributed by atoms with Gasteiger partial charge < -0.3 is 9.84 Å². The second-order valence-corrected chi connectivity index (χ2v) is 10.8. The highest BCUT2D eigenvalue weighted by Gasteiger charge is 2.56. The van der Waals surface area contributed by atoms with Gasteiger partial charge in [-0.15, -0.1) is 0 Å². The van der Waals surface area contributed by atoms with E-state index in [1.807, 2.05) is 12.2 Å². The molecule has 212 valence electrons. The molecule has 42 heavy (non-hydrogen) atoms. The third-order valence-corrected chi connectivity index (χ3v) is 8.62. The molecular formula is C32H26N2O8. The van der Waals surface area contributed by atoms with Crippen LogP contribution in [0.3, 0.4) is 0 Å². The number of nitrogens with zero attached hydrogens (tertiary/aromatic N) is 2. The SMILES string of the molecule is COc1cc(C=CC2C3=CCC4C(=O)N(c5ccc([N+](=O)[O-])cc5)C(=O)C4C3CC3=C2C(=O)C(C)=CC3=O)ccc1O. The lowest BCUT2D eigenvalue weighted by Gasteiger charge is -2.41. The number of phenolic OH excluding ortho intramolecular Hbond substituents is 1. The number of nitro benzene ring substituents is 1. The molecule has 3 aliphatic carbocycles. The third-order valence-electron chi connectivity index (χ3n) is 8.62. The van der Waals surface area contributed by atoms with Crippen LogP contribution in [-0.4, -0.2) is 40.5 Å². The van der Waals surface area contributed by atoms with Crippen LogP contribution >= 0.6 is 0 Å². The maximum atomic E-state index is 13.9. The minimum absolute atomic E-state index is 0.0192. The maximum absolute atomic E-state index is 13.9. The van der Waals surface area contributed by atoms with Gasteiger partial charge in [0, 0.05) is 34.8 Å². The molecule has 0 spiro atoms. The van der Waals surface area contributed by atoms with Crippen molar-refractivity contribution in [2.75, 3.05) is 12.0 Å². The predicted octanol–water partition coefficient (Wildman–Crippen LogP) is 4.49. The van der Waals surface area contributed by atoms with Gasteiger partial charge in [0.1, 0.15) is 0 Å². The average molecular weight is 567 g/mol. The zero-order valence-corrected chi connectivity index (χ0v) is 22.8. The van der Waals surface area contributed by atoms with Gasteiger partial charge in [-0.25, -0.2) is 0 Å². The first kappa shape index (κ1) is 27.1. The van der Waals surface area contributed by atoms with Crippen molar-refractivity contribution in [2.45, 2.75) is 19.8 Å². The van der Waals surface area contributed by atoms with Crippen LogP contribution in [0, 0.1) is 33.8 Å². The van der Waals surface area contributed by atoms with Crippen LogP contribution in [-0.2, 0) is 19.2 Å². The summed E-state index contributed by atoms with van der Waals surface area (Å²) >= 11 is 0. The molecule has 1 heterocycles. The van der Waals surface area contributed by atoms with E-state index in [9.17, 15) is 34.4 Å². The molecule has 2 aromatic rings. The number of nitro groups is 1. The molecule has 0 bridgehead atoms. The molecule has 2 amide bonds. The molecule has 1 N–H and O–H groups in total. The first-order valence-electron chi connectivity index (χ1n) is 13.5. The Hall–Kier alpha value is -5.12. The number of carbonyl (C=O) groups excluding carboxylic acids is 4. The fourth-order valence-corrected chi connectivity index (χ4v) is 6.62. The summed E-state index contributed by atoms with van der Waals surface area (Å²) in [5.74, 6) is -3.56. The number of Topliss-reactive ketones (excluding diaryl/α,β-unsaturated/α-hetero) is 1. The fraction of sp³-hybridized carbons (Fsp3) is 0.250. The molecule has 10 heteroatoms. The standard InChI is InChI=1S/C32H26N2O8/c1-16-13-26(36)24-15-23-20(21(28(24)30(16)37)9-3-17-4-12-25(35)27(14-17)42-2)10-11-22-29(23)32(39)33(31(22)38)18-5-7-19(8-6-18)34(40)41/h3-10,12-14,21-23,29,35H,11,15H2,1-2H3. The maximum Gasteiger partial charge on any atom is 0.269 e. The van der Waals surface area contributed by atoms with Crippen LogP contribution in [0.25, 0.3) is 6.08 Å². The van der Waals surface area contributed by atoms with Gasteiger partial charge in [0.15, 0.2) is 23.1 Å². The zero-order valence-electron chi connectivity index (χ0n) is 22.8. The van der Waals surface area contributed by atoms with Gasteiger partial charge in [0.05, 0.1) is 29.6 Å². The third kappa shape index (κ3) is 4.18. The Bertz CT molecular complexity index is 1710. The van der Waals surface area contributed by atoms with Gasteiger partial charge >= 0.3 is 0 Å². The highest BCUT2D eigenvalue weighted by Crippen LogP contribution is 2.53. The van der Waals surface area contributed by atoms with Crippen molar-refractivity contribution in [2.24, 2.45) is 23.7 Å². The molecule has 1 saturated heterocycles. The van der Waals surface area contributed by atoms with Crippen LogP contribution in [0.1, 0.15) is 25.3 Å². The van der Waals surface area contributed by atoms with Gasteiger partial charge in [-0.3, -0.25) is 34.2 Å². The summed E-state index contributed by atoms with van der Waals surface area (Å²) in [4.78, 5) is 65.7. The largest absolute Gasteiger partial charge is 0.504 e. The minimum atomic E-state index is -0.749. The lowest BCUT2D eigenvalue weighted by molar-refractivity contribution is -0.384. The summed E-state index contributed by atoms with van der Waals surface area (Å²) < 4.78 is 5.21. The number of allylic oxidation sites excluding steroid dienone is 7. The summed E-state index contributed by atoms with van der Waals surface area (Å²) in [6.07, 6.45) is 7.27. The lowest BCUT2D eigenvalue weighted by Crippen LogP contribution is -2.40. The molecule has 0 radical (unpaired) electrons. The number of benzene rings is 2. The number of amides is 2. The van der Waals surface area contributed by atoms with E-state index in [4.69, 9.17) is 4.74 Å². The topological polar surface area (TPSA) is 144 Å². The number of ketones is 2. The van der Waals surface area contributed by atoms with Crippen LogP contribution in [0.15, 0.2) is 83.0 Å². The van der Waals surface area contributed by atoms with Gasteiger partial charge in [-0.1, -0.05) is 29.9 Å². The number of hydrogen-bond acceptors (Lipinski definition) is 8. The average Bonchev–Trinajstić information content (AvgIpc) is 3.24. The second kappa shape index (κ2) is 10.1. The van der Waals surface area contributed by atoms with Crippen LogP contribution < -0.4 is 9.64 Å². The first-order valence-corrected chi connectivity index (χ1v) is 13.5. The van der Waals surface area contributed by atoms with E-state index >= 15 is 0 Å². The highest BCUT2D eigenvalue weighted by molar-refractivity contribution is 6.24. The van der Waals surface area contributed by atoms with Gasteiger partial charge in [-0.2, -0.15) is 0 Å². The number of anilines is 1. The van der Waals surface area contributed by atoms with Gasteiger partial charge in [-0.05, 0) is 61.6 Å². The predicted molar refractivity (Wildman–Crippen MR) is 151 cm³/mol. The van der Waals surface area contributed by atoms with Gasteiger partial charge in [0.25, 0.3) is 5.69 Å². The van der Waals surface area contributed by atoms with Crippen molar-refractivity contribution in [3.05, 3.63) is 98.7 Å². The number of rotatable bonds is 5. The van der Waals surface area contributed by atoms with E-state index < -0.39 is 34.5 Å². The molecule has 4 atom stereocenters. The molecule has 0 saturated carbocycles. The summed E-state index contributed by atoms with van der Waals surface area (Å²) in [6, 6.07) is 10.1. The van der Waals surface area contributed by atoms with Crippen molar-refractivity contribution in [1.82, 2.24) is 0 Å². The fourth-order valence-electron chi connectivity index (χ4n) is 6.62. The van der Waals surface area contributed by atoms with E-state index in [-0.39, 0.29) is 53.2 Å². The Balaban J connectivity index is 1.40. The van der Waals surface area contributed by atoms with Crippen molar-refractivity contribution >= 4 is 40.8 Å². The normalized spacial score (nSPS) is 25.2. The Morgan fingerprint density at radius 3 is 2.48 bits per heavy atom. The van der Waals surface area contributed by atoms with Crippen LogP contribution in [0.2, 0.25) is 0 Å². The molecule has 0 aromatic heterocycles. The van der Waals surface area contributed by atoms with Crippen molar-refractivity contribution in [1.29, 1.82) is 0 Å². The first-order chi connectivity index (χ1) is 20.1. The van der Waals surface area contributed by atoms with Gasteiger partial charge in [0.2, 0.25) is 11.8 Å². The molecule has 4 unspecified atom stereocenters. The molecule has 10 nitrogen and oxygen atoms in total. The van der Waals surface area contributed by atoms with E-state index in [1.165, 1.54) is 43.5 Å². The van der Waals surface area contributed by atoms with E-state index in [2.05, 4.69) is 0 Å². The van der Waals surface area contributed by atoms with Crippen molar-refractivity contribution in [3.63, 3.8) is 0 Å². The van der Waals surface area contributed by atoms with Crippen molar-refractivity contribution < 1.29 is 33.9 Å². The monoisotopic (exact) mass is 566 g/mol. The van der Waals surface area contributed by atoms with E-state index in [1.54, 1.807) is 25.1 Å². The number of imide groups is 1. The molecule has 2 aromatic carbocycles. The number of fused-ring (bicyclic) bond motifs is 3. The molecule has 1 aliphatic heterocycles. The number of aromatic hydroxyl groups is 1. The number of non-ortho nitro benzene ring substituents is 1. The second-order valence-electron chi connectivity index (χ2n) is 10.8. The molecule has 1 fully saturated rings. The lowest BCUT2D eigenvalue weighted by atomic mass is 9.60. The van der Waals surface area contributed by atoms with Crippen LogP contribution in [0.4, 0.5) is 11.4 Å². The molecule has 6 rings (SSSR count). The Morgan fingerprint density at radius 2 is 1.79 bits per heavy atom. The van der Waals surface area contributed by atoms with E-state index in [0.717, 1.165) is 10.5 Å². The van der Waals surface area contributed by atoms with E-state index in [0.29, 0.717) is 22.3 Å². The summed E-state index contributed by atoms with van der Waals surface area (Å²) in [6.45, 7) is 1.61. The summed E-state index contributed by atoms with van der Waals surface area (Å²) in [5.41, 5.74) is 2.67. The quantitative estimate of drug-likeness (QED) is 0.183. The Kier molecular flexibility index (Phi) is 6.48. The Labute approximate surface area is 240 Å². The Morgan fingerprint density at radius 1 is 1.05 bits per heavy atom. The number of carbonyl (C=O) groups is 4.